The molecule has 0 N–H and O–H groups in total. The van der Waals surface area contributed by atoms with E-state index in [2.05, 4.69) is 17.1 Å². The first kappa shape index (κ1) is 13.5. The molecule has 0 atom stereocenters. The van der Waals surface area contributed by atoms with Gasteiger partial charge in [0.15, 0.2) is 5.82 Å². The molecule has 2 aliphatic rings. The molecule has 4 heteroatoms. The first-order valence-electron chi connectivity index (χ1n) is 7.49. The molecule has 4 rings (SSSR count). The van der Waals surface area contributed by atoms with E-state index in [1.807, 2.05) is 65.5 Å². The fourth-order valence-corrected chi connectivity index (χ4v) is 2.69. The van der Waals surface area contributed by atoms with Crippen molar-refractivity contribution in [2.75, 3.05) is 0 Å². The van der Waals surface area contributed by atoms with E-state index in [9.17, 15) is 4.79 Å². The van der Waals surface area contributed by atoms with Crippen molar-refractivity contribution in [3.8, 4) is 17.1 Å². The zero-order valence-corrected chi connectivity index (χ0v) is 12.5. The third-order valence-corrected chi connectivity index (χ3v) is 3.84. The molecule has 2 aromatic carbocycles. The minimum absolute atomic E-state index is 0.0851. The average Bonchev–Trinajstić information content (AvgIpc) is 2.93. The molecule has 0 aromatic heterocycles. The Morgan fingerprint density at radius 2 is 1.57 bits per heavy atom. The van der Waals surface area contributed by atoms with Gasteiger partial charge >= 0.3 is 0 Å². The summed E-state index contributed by atoms with van der Waals surface area (Å²) in [6, 6.07) is 19.8. The van der Waals surface area contributed by atoms with Crippen molar-refractivity contribution >= 4 is 0 Å². The van der Waals surface area contributed by atoms with E-state index in [0.717, 1.165) is 12.1 Å². The second-order valence-electron chi connectivity index (χ2n) is 5.44. The highest BCUT2D eigenvalue weighted by Gasteiger charge is 2.15. The molecular formula is C19H15N3O. The standard InChI is InChI=1S/C19H15N3O/c23-19-18(16-9-5-2-6-10-16)20-17-14-21(11-12-22(17)19)13-15-7-3-1-4-8-15/h1-12,14H,13H2. The summed E-state index contributed by atoms with van der Waals surface area (Å²) in [5.74, 6) is 0.660. The van der Waals surface area contributed by atoms with Crippen LogP contribution in [-0.2, 0) is 6.54 Å². The minimum Gasteiger partial charge on any atom is -0.345 e. The summed E-state index contributed by atoms with van der Waals surface area (Å²) in [6.07, 6.45) is 5.58. The van der Waals surface area contributed by atoms with Crippen molar-refractivity contribution in [3.63, 3.8) is 0 Å². The molecule has 0 amide bonds. The van der Waals surface area contributed by atoms with Gasteiger partial charge < -0.3 is 4.57 Å². The molecule has 0 radical (unpaired) electrons. The molecule has 2 aliphatic heterocycles. The van der Waals surface area contributed by atoms with Gasteiger partial charge in [0.1, 0.15) is 5.69 Å². The van der Waals surface area contributed by atoms with Gasteiger partial charge in [0.25, 0.3) is 5.56 Å². The molecule has 0 bridgehead atoms. The second-order valence-corrected chi connectivity index (χ2v) is 5.44. The Hall–Kier alpha value is -3.14. The quantitative estimate of drug-likeness (QED) is 0.583. The van der Waals surface area contributed by atoms with E-state index in [0.29, 0.717) is 11.5 Å². The van der Waals surface area contributed by atoms with Crippen LogP contribution in [-0.4, -0.2) is 14.1 Å². The number of rotatable bonds is 3. The lowest BCUT2D eigenvalue weighted by Gasteiger charge is -2.09. The van der Waals surface area contributed by atoms with E-state index in [1.165, 1.54) is 5.56 Å². The van der Waals surface area contributed by atoms with Crippen molar-refractivity contribution in [3.05, 3.63) is 95.2 Å². The minimum atomic E-state index is -0.0851. The van der Waals surface area contributed by atoms with Crippen LogP contribution in [0.3, 0.4) is 0 Å². The van der Waals surface area contributed by atoms with E-state index < -0.39 is 0 Å². The smallest absolute Gasteiger partial charge is 0.282 e. The predicted octanol–water partition coefficient (Wildman–Crippen LogP) is 3.19. The summed E-state index contributed by atoms with van der Waals surface area (Å²) in [5.41, 5.74) is 2.45. The van der Waals surface area contributed by atoms with Crippen LogP contribution < -0.4 is 5.56 Å². The number of hydrogen-bond acceptors (Lipinski definition) is 2. The highest BCUT2D eigenvalue weighted by molar-refractivity contribution is 5.60. The van der Waals surface area contributed by atoms with Crippen molar-refractivity contribution in [1.82, 2.24) is 14.1 Å². The molecule has 2 aromatic rings. The zero-order chi connectivity index (χ0) is 15.6. The maximum Gasteiger partial charge on any atom is 0.282 e. The number of hydrogen-bond donors (Lipinski definition) is 0. The Kier molecular flexibility index (Phi) is 3.27. The zero-order valence-electron chi connectivity index (χ0n) is 12.5. The Morgan fingerprint density at radius 1 is 0.870 bits per heavy atom. The van der Waals surface area contributed by atoms with Gasteiger partial charge in [0, 0.05) is 30.7 Å². The lowest BCUT2D eigenvalue weighted by atomic mass is 10.2. The molecule has 0 saturated heterocycles. The van der Waals surface area contributed by atoms with Gasteiger partial charge in [-0.05, 0) is 5.56 Å². The fraction of sp³-hybridized carbons (Fsp3) is 0.0526. The van der Waals surface area contributed by atoms with Crippen molar-refractivity contribution in [1.29, 1.82) is 0 Å². The average molecular weight is 301 g/mol. The molecule has 0 fully saturated rings. The summed E-state index contributed by atoms with van der Waals surface area (Å²) in [5, 5.41) is 0. The number of nitrogens with zero attached hydrogens (tertiary/aromatic N) is 3. The van der Waals surface area contributed by atoms with Gasteiger partial charge in [-0.2, -0.15) is 0 Å². The Labute approximate surface area is 133 Å². The van der Waals surface area contributed by atoms with Crippen LogP contribution in [0.15, 0.2) is 84.0 Å². The number of aromatic nitrogens is 3. The van der Waals surface area contributed by atoms with Gasteiger partial charge in [0.2, 0.25) is 0 Å². The summed E-state index contributed by atoms with van der Waals surface area (Å²) in [4.78, 5) is 17.0. The molecule has 0 aliphatic carbocycles. The Bertz CT molecular complexity index is 955. The normalized spacial score (nSPS) is 11.0. The molecule has 0 saturated carbocycles. The third-order valence-electron chi connectivity index (χ3n) is 3.84. The van der Waals surface area contributed by atoms with Crippen molar-refractivity contribution in [2.45, 2.75) is 6.54 Å². The molecular weight excluding hydrogens is 286 g/mol. The van der Waals surface area contributed by atoms with Gasteiger partial charge in [-0.15, -0.1) is 0 Å². The highest BCUT2D eigenvalue weighted by Crippen LogP contribution is 2.16. The topological polar surface area (TPSA) is 39.8 Å². The lowest BCUT2D eigenvalue weighted by molar-refractivity contribution is 0.758. The maximum absolute atomic E-state index is 12.5. The molecule has 2 heterocycles. The van der Waals surface area contributed by atoms with Crippen LogP contribution in [0.2, 0.25) is 0 Å². The van der Waals surface area contributed by atoms with Crippen LogP contribution in [0.1, 0.15) is 5.56 Å². The number of benzene rings is 2. The molecule has 0 spiro atoms. The number of imidazole rings is 1. The summed E-state index contributed by atoms with van der Waals surface area (Å²) in [7, 11) is 0. The number of fused-ring (bicyclic) bond motifs is 1. The predicted molar refractivity (Wildman–Crippen MR) is 90.0 cm³/mol. The van der Waals surface area contributed by atoms with Crippen molar-refractivity contribution < 1.29 is 0 Å². The van der Waals surface area contributed by atoms with Gasteiger partial charge in [-0.1, -0.05) is 60.7 Å². The van der Waals surface area contributed by atoms with Gasteiger partial charge in [-0.3, -0.25) is 9.36 Å². The largest absolute Gasteiger partial charge is 0.345 e. The maximum atomic E-state index is 12.5. The second kappa shape index (κ2) is 5.57. The van der Waals surface area contributed by atoms with Crippen LogP contribution in [0.25, 0.3) is 17.1 Å². The fourth-order valence-electron chi connectivity index (χ4n) is 2.69. The SMILES string of the molecule is O=c1c(-c2ccccc2)nc2cn(Cc3ccccc3)ccn1-2. The van der Waals surface area contributed by atoms with Crippen LogP contribution in [0.4, 0.5) is 0 Å². The van der Waals surface area contributed by atoms with Gasteiger partial charge in [0.05, 0.1) is 0 Å². The van der Waals surface area contributed by atoms with Crippen LogP contribution in [0.5, 0.6) is 0 Å². The lowest BCUT2D eigenvalue weighted by Crippen LogP contribution is -2.15. The van der Waals surface area contributed by atoms with Crippen molar-refractivity contribution in [2.24, 2.45) is 0 Å². The Morgan fingerprint density at radius 3 is 2.30 bits per heavy atom. The van der Waals surface area contributed by atoms with E-state index in [1.54, 1.807) is 10.8 Å². The Balaban J connectivity index is 1.76. The van der Waals surface area contributed by atoms with E-state index >= 15 is 0 Å². The van der Waals surface area contributed by atoms with Crippen LogP contribution >= 0.6 is 0 Å². The summed E-state index contributed by atoms with van der Waals surface area (Å²) in [6.45, 7) is 0.749. The molecule has 112 valence electrons. The summed E-state index contributed by atoms with van der Waals surface area (Å²) >= 11 is 0. The third kappa shape index (κ3) is 2.55. The van der Waals surface area contributed by atoms with Crippen LogP contribution in [0, 0.1) is 0 Å². The summed E-state index contributed by atoms with van der Waals surface area (Å²) < 4.78 is 3.62. The van der Waals surface area contributed by atoms with Gasteiger partial charge in [-0.25, -0.2) is 4.98 Å². The highest BCUT2D eigenvalue weighted by atomic mass is 16.1. The first-order valence-corrected chi connectivity index (χ1v) is 7.49. The first-order chi connectivity index (χ1) is 11.3. The molecule has 0 unspecified atom stereocenters. The molecule has 4 nitrogen and oxygen atoms in total. The van der Waals surface area contributed by atoms with E-state index in [4.69, 9.17) is 0 Å². The monoisotopic (exact) mass is 301 g/mol. The van der Waals surface area contributed by atoms with E-state index in [-0.39, 0.29) is 5.56 Å². The molecule has 23 heavy (non-hydrogen) atoms.